The third kappa shape index (κ3) is 5.93. The topological polar surface area (TPSA) is 57.3 Å². The Bertz CT molecular complexity index is 625. The van der Waals surface area contributed by atoms with Gasteiger partial charge in [-0.15, -0.1) is 0 Å². The van der Waals surface area contributed by atoms with Crippen molar-refractivity contribution in [3.63, 3.8) is 0 Å². The van der Waals surface area contributed by atoms with Gasteiger partial charge in [0.1, 0.15) is 12.7 Å². The van der Waals surface area contributed by atoms with E-state index in [0.29, 0.717) is 13.2 Å². The van der Waals surface area contributed by atoms with Crippen LogP contribution < -0.4 is 5.32 Å². The summed E-state index contributed by atoms with van der Waals surface area (Å²) in [4.78, 5) is 3.34. The number of hydrogen-bond donors (Lipinski definition) is 3. The van der Waals surface area contributed by atoms with Crippen LogP contribution in [0.15, 0.2) is 48.2 Å². The normalized spacial score (nSPS) is 13.8. The van der Waals surface area contributed by atoms with E-state index in [-0.39, 0.29) is 0 Å². The van der Waals surface area contributed by atoms with E-state index < -0.39 is 6.10 Å². The maximum atomic E-state index is 9.77. The summed E-state index contributed by atoms with van der Waals surface area (Å²) >= 11 is 0. The van der Waals surface area contributed by atoms with Crippen molar-refractivity contribution in [3.05, 3.63) is 53.9 Å². The highest BCUT2D eigenvalue weighted by atomic mass is 16.5. The quantitative estimate of drug-likeness (QED) is 0.377. The van der Waals surface area contributed by atoms with Crippen LogP contribution in [-0.4, -0.2) is 35.9 Å². The third-order valence-electron chi connectivity index (χ3n) is 3.47. The molecule has 1 unspecified atom stereocenters. The molecule has 1 heterocycles. The van der Waals surface area contributed by atoms with Gasteiger partial charge in [0.25, 0.3) is 0 Å². The van der Waals surface area contributed by atoms with Crippen LogP contribution in [0.5, 0.6) is 0 Å². The summed E-state index contributed by atoms with van der Waals surface area (Å²) < 4.78 is 5.54. The molecule has 0 radical (unpaired) electrons. The van der Waals surface area contributed by atoms with Crippen LogP contribution in [0.1, 0.15) is 26.0 Å². The van der Waals surface area contributed by atoms with E-state index in [1.165, 1.54) is 5.39 Å². The summed E-state index contributed by atoms with van der Waals surface area (Å²) in [6, 6.07) is 10.3. The number of aromatic nitrogens is 1. The molecule has 0 saturated carbocycles. The number of aliphatic hydroxyl groups excluding tert-OH is 1. The number of rotatable bonds is 9. The van der Waals surface area contributed by atoms with Crippen molar-refractivity contribution in [1.29, 1.82) is 0 Å². The lowest BCUT2D eigenvalue weighted by Gasteiger charge is -2.12. The zero-order valence-electron chi connectivity index (χ0n) is 13.9. The van der Waals surface area contributed by atoms with Gasteiger partial charge in [-0.1, -0.05) is 31.2 Å². The standard InChI is InChI=1S/C19H26N2O2/c1-3-11-20-13-18(22)14-23-15(2)7-6-9-17-12-16-8-4-5-10-19(16)21-17/h4-10,12,18,20-22H,3,11,13-14H2,1-2H3/b9-6-,15-7+. The van der Waals surface area contributed by atoms with Gasteiger partial charge in [-0.25, -0.2) is 0 Å². The summed E-state index contributed by atoms with van der Waals surface area (Å²) in [6.07, 6.45) is 6.43. The second kappa shape index (κ2) is 9.18. The summed E-state index contributed by atoms with van der Waals surface area (Å²) in [5, 5.41) is 14.1. The highest BCUT2D eigenvalue weighted by Gasteiger charge is 2.03. The lowest BCUT2D eigenvalue weighted by atomic mass is 10.2. The molecule has 0 aliphatic heterocycles. The number of nitrogens with one attached hydrogen (secondary N) is 2. The van der Waals surface area contributed by atoms with Crippen molar-refractivity contribution in [2.24, 2.45) is 0 Å². The summed E-state index contributed by atoms with van der Waals surface area (Å²) in [7, 11) is 0. The van der Waals surface area contributed by atoms with Gasteiger partial charge in [0, 0.05) is 17.8 Å². The molecule has 1 atom stereocenters. The Hall–Kier alpha value is -2.04. The molecule has 0 aliphatic rings. The van der Waals surface area contributed by atoms with Crippen LogP contribution in [0.3, 0.4) is 0 Å². The van der Waals surface area contributed by atoms with E-state index in [1.54, 1.807) is 0 Å². The average Bonchev–Trinajstić information content (AvgIpc) is 2.96. The SMILES string of the molecule is CCCNCC(O)CO/C(C)=C/C=C\c1cc2ccccc2[nH]1. The number of para-hydroxylation sites is 1. The molecule has 3 N–H and O–H groups in total. The maximum Gasteiger partial charge on any atom is 0.115 e. The van der Waals surface area contributed by atoms with Crippen molar-refractivity contribution >= 4 is 17.0 Å². The Morgan fingerprint density at radius 1 is 1.39 bits per heavy atom. The number of benzene rings is 1. The largest absolute Gasteiger partial charge is 0.495 e. The molecule has 2 aromatic rings. The number of hydrogen-bond acceptors (Lipinski definition) is 3. The minimum absolute atomic E-state index is 0.305. The second-order valence-corrected chi connectivity index (χ2v) is 5.62. The Morgan fingerprint density at radius 2 is 2.22 bits per heavy atom. The number of fused-ring (bicyclic) bond motifs is 1. The Morgan fingerprint density at radius 3 is 3.00 bits per heavy atom. The average molecular weight is 314 g/mol. The van der Waals surface area contributed by atoms with Gasteiger partial charge in [-0.3, -0.25) is 0 Å². The summed E-state index contributed by atoms with van der Waals surface area (Å²) in [6.45, 7) is 5.77. The van der Waals surface area contributed by atoms with E-state index in [2.05, 4.69) is 35.4 Å². The first-order chi connectivity index (χ1) is 11.2. The van der Waals surface area contributed by atoms with Gasteiger partial charge in [0.2, 0.25) is 0 Å². The van der Waals surface area contributed by atoms with Gasteiger partial charge in [-0.2, -0.15) is 0 Å². The summed E-state index contributed by atoms with van der Waals surface area (Å²) in [5.41, 5.74) is 2.19. The second-order valence-electron chi connectivity index (χ2n) is 5.62. The van der Waals surface area contributed by atoms with E-state index in [0.717, 1.165) is 29.9 Å². The molecule has 124 valence electrons. The predicted molar refractivity (Wildman–Crippen MR) is 96.2 cm³/mol. The molecule has 1 aromatic heterocycles. The van der Waals surface area contributed by atoms with Crippen LogP contribution in [0, 0.1) is 0 Å². The molecule has 4 nitrogen and oxygen atoms in total. The van der Waals surface area contributed by atoms with E-state index in [9.17, 15) is 5.11 Å². The van der Waals surface area contributed by atoms with Crippen molar-refractivity contribution in [1.82, 2.24) is 10.3 Å². The molecule has 4 heteroatoms. The molecular weight excluding hydrogens is 288 g/mol. The van der Waals surface area contributed by atoms with Gasteiger partial charge in [0.05, 0.1) is 5.76 Å². The van der Waals surface area contributed by atoms with Crippen LogP contribution in [0.2, 0.25) is 0 Å². The monoisotopic (exact) mass is 314 g/mol. The smallest absolute Gasteiger partial charge is 0.115 e. The van der Waals surface area contributed by atoms with Gasteiger partial charge >= 0.3 is 0 Å². The van der Waals surface area contributed by atoms with Crippen molar-refractivity contribution < 1.29 is 9.84 Å². The van der Waals surface area contributed by atoms with Crippen molar-refractivity contribution in [2.45, 2.75) is 26.4 Å². The number of aromatic amines is 1. The van der Waals surface area contributed by atoms with Crippen LogP contribution in [-0.2, 0) is 4.74 Å². The first kappa shape index (κ1) is 17.3. The van der Waals surface area contributed by atoms with Crippen LogP contribution in [0.4, 0.5) is 0 Å². The Kier molecular flexibility index (Phi) is 6.91. The molecule has 2 rings (SSSR count). The van der Waals surface area contributed by atoms with Gasteiger partial charge in [-0.05, 0) is 49.6 Å². The molecule has 1 aromatic carbocycles. The molecular formula is C19H26N2O2. The molecule has 0 bridgehead atoms. The zero-order chi connectivity index (χ0) is 16.5. The third-order valence-corrected chi connectivity index (χ3v) is 3.47. The molecule has 0 fully saturated rings. The van der Waals surface area contributed by atoms with E-state index in [4.69, 9.17) is 4.74 Å². The van der Waals surface area contributed by atoms with Crippen LogP contribution in [0.25, 0.3) is 17.0 Å². The fraction of sp³-hybridized carbons (Fsp3) is 0.368. The number of aliphatic hydroxyl groups is 1. The van der Waals surface area contributed by atoms with Gasteiger partial charge in [0.15, 0.2) is 0 Å². The molecule has 23 heavy (non-hydrogen) atoms. The first-order valence-corrected chi connectivity index (χ1v) is 8.13. The molecule has 0 amide bonds. The lowest BCUT2D eigenvalue weighted by molar-refractivity contribution is 0.0720. The Balaban J connectivity index is 1.79. The van der Waals surface area contributed by atoms with Crippen molar-refractivity contribution in [2.75, 3.05) is 19.7 Å². The van der Waals surface area contributed by atoms with Crippen molar-refractivity contribution in [3.8, 4) is 0 Å². The highest BCUT2D eigenvalue weighted by Crippen LogP contribution is 2.15. The predicted octanol–water partition coefficient (Wildman–Crippen LogP) is 3.46. The molecule has 0 aliphatic carbocycles. The van der Waals surface area contributed by atoms with E-state index >= 15 is 0 Å². The fourth-order valence-electron chi connectivity index (χ4n) is 2.25. The number of allylic oxidation sites excluding steroid dienone is 3. The van der Waals surface area contributed by atoms with Gasteiger partial charge < -0.3 is 20.1 Å². The first-order valence-electron chi connectivity index (χ1n) is 8.13. The zero-order valence-corrected chi connectivity index (χ0v) is 13.9. The van der Waals surface area contributed by atoms with E-state index in [1.807, 2.05) is 37.3 Å². The highest BCUT2D eigenvalue weighted by molar-refractivity contribution is 5.82. The van der Waals surface area contributed by atoms with Crippen LogP contribution >= 0.6 is 0 Å². The minimum atomic E-state index is -0.484. The fourth-order valence-corrected chi connectivity index (χ4v) is 2.25. The lowest BCUT2D eigenvalue weighted by Crippen LogP contribution is -2.30. The summed E-state index contributed by atoms with van der Waals surface area (Å²) in [5.74, 6) is 0.784. The minimum Gasteiger partial charge on any atom is -0.495 e. The Labute approximate surface area is 137 Å². The maximum absolute atomic E-state index is 9.77. The number of H-pyrrole nitrogens is 1. The molecule has 0 spiro atoms. The molecule has 0 saturated heterocycles. The number of ether oxygens (including phenoxy) is 1.